The molecular weight excluding hydrogens is 220 g/mol. The van der Waals surface area contributed by atoms with E-state index in [1.54, 1.807) is 0 Å². The highest BCUT2D eigenvalue weighted by molar-refractivity contribution is 6.66. The predicted molar refractivity (Wildman–Crippen MR) is 58.3 cm³/mol. The summed E-state index contributed by atoms with van der Waals surface area (Å²) < 4.78 is 16.9. The molecule has 5 heteroatoms. The van der Waals surface area contributed by atoms with E-state index in [9.17, 15) is 0 Å². The number of rotatable bonds is 4. The summed E-state index contributed by atoms with van der Waals surface area (Å²) in [5.74, 6) is 0.907. The molecule has 0 atom stereocenters. The Bertz CT molecular complexity index is 190. The highest BCUT2D eigenvalue weighted by Crippen LogP contribution is 2.20. The summed E-state index contributed by atoms with van der Waals surface area (Å²) >= 11 is 5.58. The fourth-order valence-electron chi connectivity index (χ4n) is 1.22. The minimum atomic E-state index is -2.51. The van der Waals surface area contributed by atoms with Crippen LogP contribution >= 0.6 is 11.6 Å². The van der Waals surface area contributed by atoms with Crippen molar-refractivity contribution in [3.8, 4) is 0 Å². The van der Waals surface area contributed by atoms with Crippen LogP contribution in [0.4, 0.5) is 0 Å². The van der Waals surface area contributed by atoms with Gasteiger partial charge in [0.05, 0.1) is 0 Å². The molecule has 0 radical (unpaired) electrons. The van der Waals surface area contributed by atoms with Crippen molar-refractivity contribution in [2.45, 2.75) is 13.8 Å². The van der Waals surface area contributed by atoms with Crippen molar-refractivity contribution in [2.24, 2.45) is 5.92 Å². The molecule has 0 spiro atoms. The van der Waals surface area contributed by atoms with Gasteiger partial charge in [0.15, 0.2) is 0 Å². The van der Waals surface area contributed by atoms with Crippen molar-refractivity contribution in [2.75, 3.05) is 25.7 Å². The number of allylic oxidation sites excluding steroid dienone is 1. The second kappa shape index (κ2) is 5.88. The molecule has 0 N–H and O–H groups in total. The lowest BCUT2D eigenvalue weighted by Gasteiger charge is -2.33. The first-order chi connectivity index (χ1) is 6.72. The summed E-state index contributed by atoms with van der Waals surface area (Å²) in [5, 5.41) is 0. The summed E-state index contributed by atoms with van der Waals surface area (Å²) in [6.07, 6.45) is 1.83. The molecule has 0 amide bonds. The van der Waals surface area contributed by atoms with Gasteiger partial charge in [0, 0.05) is 31.6 Å². The maximum absolute atomic E-state index is 5.67. The van der Waals surface area contributed by atoms with Gasteiger partial charge in [-0.25, -0.2) is 0 Å². The van der Waals surface area contributed by atoms with Gasteiger partial charge in [-0.05, 0) is 12.6 Å². The molecule has 3 nitrogen and oxygen atoms in total. The van der Waals surface area contributed by atoms with E-state index in [2.05, 4.69) is 6.92 Å². The fraction of sp³-hybridized carbons (Fsp3) is 0.778. The van der Waals surface area contributed by atoms with E-state index >= 15 is 0 Å². The molecule has 1 rings (SSSR count). The SMILES string of the molecule is CCO[Si]1(/C=C/CCl)OCC(C)CO1. The van der Waals surface area contributed by atoms with E-state index < -0.39 is 8.80 Å². The third-order valence-electron chi connectivity index (χ3n) is 1.89. The molecule has 1 saturated heterocycles. The monoisotopic (exact) mass is 236 g/mol. The highest BCUT2D eigenvalue weighted by Gasteiger charge is 2.41. The van der Waals surface area contributed by atoms with Gasteiger partial charge in [0.25, 0.3) is 0 Å². The summed E-state index contributed by atoms with van der Waals surface area (Å²) in [5.41, 5.74) is 1.87. The van der Waals surface area contributed by atoms with E-state index in [0.717, 1.165) is 0 Å². The Hall–Kier alpha value is 0.127. The lowest BCUT2D eigenvalue weighted by Crippen LogP contribution is -2.50. The molecule has 0 unspecified atom stereocenters. The number of halogens is 1. The standard InChI is InChI=1S/C9H17ClO3Si/c1-3-11-14(6-4-5-10)12-7-9(2)8-13-14/h4,6,9H,3,5,7-8H2,1-2H3/b6-4+. The zero-order chi connectivity index (χ0) is 10.4. The lowest BCUT2D eigenvalue weighted by atomic mass is 10.2. The Morgan fingerprint density at radius 2 is 2.14 bits per heavy atom. The summed E-state index contributed by atoms with van der Waals surface area (Å²) in [7, 11) is -2.51. The largest absolute Gasteiger partial charge is 0.529 e. The van der Waals surface area contributed by atoms with Gasteiger partial charge in [-0.1, -0.05) is 13.0 Å². The topological polar surface area (TPSA) is 27.7 Å². The average molecular weight is 237 g/mol. The van der Waals surface area contributed by atoms with Gasteiger partial charge in [0.2, 0.25) is 0 Å². The van der Waals surface area contributed by atoms with Crippen LogP contribution in [-0.2, 0) is 13.3 Å². The number of alkyl halides is 1. The number of hydrogen-bond acceptors (Lipinski definition) is 3. The van der Waals surface area contributed by atoms with Gasteiger partial charge in [0.1, 0.15) is 0 Å². The molecule has 1 heterocycles. The third-order valence-corrected chi connectivity index (χ3v) is 4.55. The minimum Gasteiger partial charge on any atom is -0.371 e. The Labute approximate surface area is 91.4 Å². The maximum atomic E-state index is 5.67. The Morgan fingerprint density at radius 3 is 2.64 bits per heavy atom. The van der Waals surface area contributed by atoms with Crippen LogP contribution in [0.25, 0.3) is 0 Å². The van der Waals surface area contributed by atoms with Crippen molar-refractivity contribution >= 4 is 20.4 Å². The van der Waals surface area contributed by atoms with Gasteiger partial charge < -0.3 is 13.3 Å². The van der Waals surface area contributed by atoms with Gasteiger partial charge in [-0.15, -0.1) is 11.6 Å². The molecular formula is C9H17ClO3Si. The number of hydrogen-bond donors (Lipinski definition) is 0. The van der Waals surface area contributed by atoms with E-state index in [0.29, 0.717) is 31.6 Å². The van der Waals surface area contributed by atoms with Crippen molar-refractivity contribution < 1.29 is 13.3 Å². The molecule has 14 heavy (non-hydrogen) atoms. The molecule has 0 bridgehead atoms. The second-order valence-corrected chi connectivity index (χ2v) is 6.04. The molecule has 1 aliphatic rings. The van der Waals surface area contributed by atoms with Crippen molar-refractivity contribution in [3.63, 3.8) is 0 Å². The van der Waals surface area contributed by atoms with E-state index in [4.69, 9.17) is 24.9 Å². The first kappa shape index (κ1) is 12.2. The molecule has 0 saturated carbocycles. The lowest BCUT2D eigenvalue weighted by molar-refractivity contribution is 0.00747. The van der Waals surface area contributed by atoms with Crippen LogP contribution in [0.1, 0.15) is 13.8 Å². The summed E-state index contributed by atoms with van der Waals surface area (Å²) in [4.78, 5) is 0. The molecule has 82 valence electrons. The average Bonchev–Trinajstić information content (AvgIpc) is 2.20. The van der Waals surface area contributed by atoms with Crippen LogP contribution in [-0.4, -0.2) is 34.5 Å². The zero-order valence-corrected chi connectivity index (χ0v) is 10.4. The fourth-order valence-corrected chi connectivity index (χ4v) is 3.84. The van der Waals surface area contributed by atoms with Gasteiger partial charge in [-0.3, -0.25) is 0 Å². The molecule has 0 aromatic rings. The van der Waals surface area contributed by atoms with Crippen LogP contribution in [0, 0.1) is 5.92 Å². The minimum absolute atomic E-state index is 0.445. The van der Waals surface area contributed by atoms with Crippen molar-refractivity contribution in [3.05, 3.63) is 11.8 Å². The van der Waals surface area contributed by atoms with E-state index in [1.165, 1.54) is 0 Å². The normalized spacial score (nSPS) is 33.8. The first-order valence-electron chi connectivity index (χ1n) is 4.88. The Morgan fingerprint density at radius 1 is 1.50 bits per heavy atom. The van der Waals surface area contributed by atoms with Gasteiger partial charge >= 0.3 is 8.80 Å². The third kappa shape index (κ3) is 3.36. The predicted octanol–water partition coefficient (Wildman–Crippen LogP) is 1.98. The second-order valence-electron chi connectivity index (χ2n) is 3.32. The van der Waals surface area contributed by atoms with Crippen LogP contribution in [0.3, 0.4) is 0 Å². The quantitative estimate of drug-likeness (QED) is 0.552. The summed E-state index contributed by atoms with van der Waals surface area (Å²) in [6, 6.07) is 0. The molecule has 1 aliphatic heterocycles. The first-order valence-corrected chi connectivity index (χ1v) is 7.21. The van der Waals surface area contributed by atoms with Gasteiger partial charge in [-0.2, -0.15) is 0 Å². The Balaban J connectivity index is 2.57. The van der Waals surface area contributed by atoms with E-state index in [1.807, 2.05) is 18.7 Å². The van der Waals surface area contributed by atoms with Crippen LogP contribution < -0.4 is 0 Å². The molecule has 0 aromatic heterocycles. The summed E-state index contributed by atoms with van der Waals surface area (Å²) in [6.45, 7) is 6.05. The van der Waals surface area contributed by atoms with Crippen LogP contribution in [0.15, 0.2) is 11.8 Å². The van der Waals surface area contributed by atoms with E-state index in [-0.39, 0.29) is 0 Å². The Kier molecular flexibility index (Phi) is 5.12. The van der Waals surface area contributed by atoms with Crippen LogP contribution in [0.5, 0.6) is 0 Å². The van der Waals surface area contributed by atoms with Crippen LogP contribution in [0.2, 0.25) is 0 Å². The molecule has 1 fully saturated rings. The smallest absolute Gasteiger partial charge is 0.371 e. The molecule has 0 aromatic carbocycles. The van der Waals surface area contributed by atoms with Crippen molar-refractivity contribution in [1.82, 2.24) is 0 Å². The maximum Gasteiger partial charge on any atom is 0.529 e. The molecule has 0 aliphatic carbocycles. The highest BCUT2D eigenvalue weighted by atomic mass is 35.5. The van der Waals surface area contributed by atoms with Crippen molar-refractivity contribution in [1.29, 1.82) is 0 Å². The zero-order valence-electron chi connectivity index (χ0n) is 8.66.